The number of carbonyl (C=O) groups excluding carboxylic acids is 3. The van der Waals surface area contributed by atoms with Gasteiger partial charge in [-0.25, -0.2) is 19.2 Å². The molecule has 0 aromatic heterocycles. The molecule has 1 fully saturated rings. The van der Waals surface area contributed by atoms with Crippen LogP contribution in [0.1, 0.15) is 13.8 Å². The average molecular weight is 342 g/mol. The molecule has 1 heterocycles. The van der Waals surface area contributed by atoms with Crippen LogP contribution in [-0.4, -0.2) is 60.2 Å². The topological polar surface area (TPSA) is 151 Å². The van der Waals surface area contributed by atoms with Crippen molar-refractivity contribution in [2.75, 3.05) is 26.2 Å². The van der Waals surface area contributed by atoms with E-state index in [1.165, 1.54) is 6.92 Å². The fourth-order valence-electron chi connectivity index (χ4n) is 1.34. The molecule has 0 saturated carbocycles. The van der Waals surface area contributed by atoms with Crippen molar-refractivity contribution in [3.63, 3.8) is 0 Å². The van der Waals surface area contributed by atoms with Crippen LogP contribution in [0.3, 0.4) is 0 Å². The molecule has 10 nitrogen and oxygen atoms in total. The molecule has 1 aliphatic rings. The van der Waals surface area contributed by atoms with Gasteiger partial charge in [-0.2, -0.15) is 0 Å². The number of amides is 4. The molecule has 1 aliphatic heterocycles. The van der Waals surface area contributed by atoms with Crippen LogP contribution in [0, 0.1) is 0 Å². The van der Waals surface area contributed by atoms with E-state index in [-0.39, 0.29) is 18.2 Å². The van der Waals surface area contributed by atoms with Gasteiger partial charge in [0.25, 0.3) is 0 Å². The summed E-state index contributed by atoms with van der Waals surface area (Å²) in [5.41, 5.74) is 5.05. The van der Waals surface area contributed by atoms with Crippen LogP contribution >= 0.6 is 0 Å². The van der Waals surface area contributed by atoms with Crippen molar-refractivity contribution in [2.24, 2.45) is 5.73 Å². The third-order valence-corrected chi connectivity index (χ3v) is 2.66. The van der Waals surface area contributed by atoms with Crippen LogP contribution in [0.25, 0.3) is 0 Å². The van der Waals surface area contributed by atoms with Crippen molar-refractivity contribution in [1.82, 2.24) is 15.5 Å². The summed E-state index contributed by atoms with van der Waals surface area (Å²) in [6.45, 7) is 8.37. The molecule has 0 spiro atoms. The molecule has 0 bridgehead atoms. The number of primary amides is 1. The van der Waals surface area contributed by atoms with E-state index >= 15 is 0 Å². The van der Waals surface area contributed by atoms with Crippen LogP contribution in [0.2, 0.25) is 0 Å². The van der Waals surface area contributed by atoms with E-state index in [2.05, 4.69) is 17.6 Å². The van der Waals surface area contributed by atoms with Crippen LogP contribution in [0.15, 0.2) is 23.9 Å². The van der Waals surface area contributed by atoms with Crippen LogP contribution < -0.4 is 16.4 Å². The van der Waals surface area contributed by atoms with Crippen LogP contribution in [0.4, 0.5) is 9.59 Å². The van der Waals surface area contributed by atoms with Crippen LogP contribution in [-0.2, 0) is 14.3 Å². The van der Waals surface area contributed by atoms with Gasteiger partial charge in [-0.05, 0) is 13.8 Å². The van der Waals surface area contributed by atoms with Gasteiger partial charge in [-0.15, -0.1) is 0 Å². The highest BCUT2D eigenvalue weighted by atomic mass is 16.5. The number of nitrogens with zero attached hydrogens (tertiary/aromatic N) is 1. The van der Waals surface area contributed by atoms with Crippen molar-refractivity contribution >= 4 is 24.0 Å². The maximum absolute atomic E-state index is 11.0. The van der Waals surface area contributed by atoms with E-state index < -0.39 is 18.0 Å². The zero-order valence-electron chi connectivity index (χ0n) is 13.6. The Hall–Kier alpha value is -3.04. The molecule has 0 aromatic carbocycles. The van der Waals surface area contributed by atoms with Crippen LogP contribution in [0.5, 0.6) is 0 Å². The zero-order valence-corrected chi connectivity index (χ0v) is 13.6. The van der Waals surface area contributed by atoms with Gasteiger partial charge >= 0.3 is 24.0 Å². The highest BCUT2D eigenvalue weighted by molar-refractivity contribution is 5.87. The second-order valence-corrected chi connectivity index (χ2v) is 4.78. The number of aliphatic carboxylic acids is 1. The fourth-order valence-corrected chi connectivity index (χ4v) is 1.34. The Bertz CT molecular complexity index is 543. The Kier molecular flexibility index (Phi) is 9.30. The fraction of sp³-hybridized carbons (Fsp3) is 0.429. The predicted octanol–water partition coefficient (Wildman–Crippen LogP) is -0.226. The van der Waals surface area contributed by atoms with Crippen molar-refractivity contribution in [1.29, 1.82) is 0 Å². The maximum atomic E-state index is 11.0. The smallest absolute Gasteiger partial charge is 0.333 e. The average Bonchev–Trinajstić information content (AvgIpc) is 2.90. The lowest BCUT2D eigenvalue weighted by Crippen LogP contribution is -2.31. The normalized spacial score (nSPS) is 13.3. The van der Waals surface area contributed by atoms with Crippen molar-refractivity contribution in [3.8, 4) is 0 Å². The number of carbonyl (C=O) groups is 4. The number of nitrogens with two attached hydrogens (primary N) is 1. The van der Waals surface area contributed by atoms with E-state index in [0.717, 1.165) is 6.20 Å². The first-order chi connectivity index (χ1) is 11.1. The van der Waals surface area contributed by atoms with E-state index in [1.807, 2.05) is 5.32 Å². The first kappa shape index (κ1) is 21.0. The number of carboxylic acids is 1. The monoisotopic (exact) mass is 342 g/mol. The summed E-state index contributed by atoms with van der Waals surface area (Å²) in [4.78, 5) is 43.7. The van der Waals surface area contributed by atoms with Gasteiger partial charge in [0.15, 0.2) is 0 Å². The Morgan fingerprint density at radius 3 is 2.50 bits per heavy atom. The minimum absolute atomic E-state index is 0.0267. The van der Waals surface area contributed by atoms with Crippen molar-refractivity contribution in [3.05, 3.63) is 23.9 Å². The van der Waals surface area contributed by atoms with Gasteiger partial charge < -0.3 is 31.1 Å². The van der Waals surface area contributed by atoms with Gasteiger partial charge in [-0.3, -0.25) is 0 Å². The first-order valence-corrected chi connectivity index (χ1v) is 6.96. The van der Waals surface area contributed by atoms with E-state index in [9.17, 15) is 19.2 Å². The number of ether oxygens (including phenoxy) is 1. The molecular weight excluding hydrogens is 320 g/mol. The van der Waals surface area contributed by atoms with E-state index in [1.54, 1.807) is 11.8 Å². The Labute approximate surface area is 139 Å². The third kappa shape index (κ3) is 9.07. The second-order valence-electron chi connectivity index (χ2n) is 4.78. The molecule has 0 aliphatic carbocycles. The van der Waals surface area contributed by atoms with Gasteiger partial charge in [0, 0.05) is 24.9 Å². The largest absolute Gasteiger partial charge is 0.478 e. The zero-order chi connectivity index (χ0) is 18.7. The summed E-state index contributed by atoms with van der Waals surface area (Å²) in [6.07, 6.45) is 1.03. The molecule has 10 heteroatoms. The number of hydrogen-bond acceptors (Lipinski definition) is 5. The molecule has 0 aromatic rings. The van der Waals surface area contributed by atoms with Crippen molar-refractivity contribution < 1.29 is 29.0 Å². The molecule has 1 rings (SSSR count). The van der Waals surface area contributed by atoms with Gasteiger partial charge in [0.1, 0.15) is 6.61 Å². The summed E-state index contributed by atoms with van der Waals surface area (Å²) < 4.78 is 4.85. The summed E-state index contributed by atoms with van der Waals surface area (Å²) in [5, 5.41) is 12.9. The molecule has 0 atom stereocenters. The summed E-state index contributed by atoms with van der Waals surface area (Å²) in [7, 11) is 0. The first-order valence-electron chi connectivity index (χ1n) is 6.96. The SMILES string of the molecule is C=C(C)C(=O)OCCN1CCNC1=O.CC(=CNC(N)=O)C(=O)O. The molecular formula is C14H22N4O6. The quantitative estimate of drug-likeness (QED) is 0.387. The number of nitrogens with one attached hydrogen (secondary N) is 2. The number of hydrogen-bond donors (Lipinski definition) is 4. The lowest BCUT2D eigenvalue weighted by Gasteiger charge is -2.13. The molecule has 4 amide bonds. The molecule has 24 heavy (non-hydrogen) atoms. The second kappa shape index (κ2) is 10.6. The number of rotatable bonds is 6. The summed E-state index contributed by atoms with van der Waals surface area (Å²) in [5.74, 6) is -1.50. The number of esters is 1. The maximum Gasteiger partial charge on any atom is 0.333 e. The molecule has 1 saturated heterocycles. The van der Waals surface area contributed by atoms with Gasteiger partial charge in [0.2, 0.25) is 0 Å². The molecule has 0 unspecified atom stereocenters. The summed E-state index contributed by atoms with van der Waals surface area (Å²) >= 11 is 0. The third-order valence-electron chi connectivity index (χ3n) is 2.66. The molecule has 134 valence electrons. The number of carboxylic acid groups (broad SMARTS) is 1. The Balaban J connectivity index is 0.000000470. The van der Waals surface area contributed by atoms with Gasteiger partial charge in [-0.1, -0.05) is 6.58 Å². The highest BCUT2D eigenvalue weighted by Crippen LogP contribution is 1.97. The minimum atomic E-state index is -1.09. The standard InChI is InChI=1S/C9H14N2O3.C5H8N2O3/c1-7(2)8(12)14-6-5-11-4-3-10-9(11)13;1-3(4(8)9)2-7-5(6)10/h1,3-6H2,2H3,(H,10,13);2H,1H3,(H,8,9)(H3,6,7,10). The molecule has 0 radical (unpaired) electrons. The lowest BCUT2D eigenvalue weighted by molar-refractivity contribution is -0.139. The number of urea groups is 2. The van der Waals surface area contributed by atoms with Crippen molar-refractivity contribution in [2.45, 2.75) is 13.8 Å². The minimum Gasteiger partial charge on any atom is -0.478 e. The lowest BCUT2D eigenvalue weighted by atomic mass is 10.3. The van der Waals surface area contributed by atoms with Gasteiger partial charge in [0.05, 0.1) is 12.1 Å². The highest BCUT2D eigenvalue weighted by Gasteiger charge is 2.19. The Morgan fingerprint density at radius 2 is 2.08 bits per heavy atom. The summed E-state index contributed by atoms with van der Waals surface area (Å²) in [6, 6.07) is -0.878. The van der Waals surface area contributed by atoms with E-state index in [0.29, 0.717) is 25.2 Å². The van der Waals surface area contributed by atoms with E-state index in [4.69, 9.17) is 9.84 Å². The predicted molar refractivity (Wildman–Crippen MR) is 84.9 cm³/mol. The molecule has 5 N–H and O–H groups in total. The Morgan fingerprint density at radius 1 is 1.46 bits per heavy atom.